The molecule has 1 aliphatic rings. The van der Waals surface area contributed by atoms with E-state index in [1.807, 2.05) is 48.2 Å². The van der Waals surface area contributed by atoms with E-state index >= 15 is 0 Å². The van der Waals surface area contributed by atoms with E-state index in [9.17, 15) is 4.79 Å². The van der Waals surface area contributed by atoms with Gasteiger partial charge < -0.3 is 14.4 Å². The SMILES string of the molecule is COc1cc(C)sc1C(=O)N1CC[C@@H](Oc2ccccc2)C1. The zero-order valence-electron chi connectivity index (χ0n) is 12.7. The van der Waals surface area contributed by atoms with Crippen LogP contribution in [0.15, 0.2) is 36.4 Å². The van der Waals surface area contributed by atoms with Crippen LogP contribution in [0.4, 0.5) is 0 Å². The van der Waals surface area contributed by atoms with Crippen LogP contribution in [0.1, 0.15) is 21.0 Å². The van der Waals surface area contributed by atoms with Crippen LogP contribution in [0.25, 0.3) is 0 Å². The smallest absolute Gasteiger partial charge is 0.267 e. The first-order valence-corrected chi connectivity index (χ1v) is 8.14. The molecule has 1 aromatic heterocycles. The number of hydrogen-bond donors (Lipinski definition) is 0. The summed E-state index contributed by atoms with van der Waals surface area (Å²) in [5.74, 6) is 1.56. The minimum absolute atomic E-state index is 0.0362. The summed E-state index contributed by atoms with van der Waals surface area (Å²) in [7, 11) is 1.60. The number of para-hydroxylation sites is 1. The molecule has 0 radical (unpaired) electrons. The van der Waals surface area contributed by atoms with Gasteiger partial charge in [0.05, 0.1) is 13.7 Å². The number of likely N-dealkylation sites (tertiary alicyclic amines) is 1. The van der Waals surface area contributed by atoms with E-state index in [-0.39, 0.29) is 12.0 Å². The van der Waals surface area contributed by atoms with Gasteiger partial charge in [0.15, 0.2) is 0 Å². The highest BCUT2D eigenvalue weighted by atomic mass is 32.1. The third-order valence-electron chi connectivity index (χ3n) is 3.71. The second-order valence-electron chi connectivity index (χ2n) is 5.35. The van der Waals surface area contributed by atoms with Crippen LogP contribution in [0.3, 0.4) is 0 Å². The van der Waals surface area contributed by atoms with Gasteiger partial charge in [0.25, 0.3) is 5.91 Å². The molecular formula is C17H19NO3S. The van der Waals surface area contributed by atoms with E-state index in [0.717, 1.165) is 23.6 Å². The molecule has 2 heterocycles. The largest absolute Gasteiger partial charge is 0.495 e. The molecule has 1 atom stereocenters. The molecule has 1 aromatic carbocycles. The van der Waals surface area contributed by atoms with Gasteiger partial charge >= 0.3 is 0 Å². The fourth-order valence-electron chi connectivity index (χ4n) is 2.64. The number of nitrogens with zero attached hydrogens (tertiary/aromatic N) is 1. The van der Waals surface area contributed by atoms with Gasteiger partial charge in [0.1, 0.15) is 22.5 Å². The van der Waals surface area contributed by atoms with Crippen LogP contribution in [0.2, 0.25) is 0 Å². The van der Waals surface area contributed by atoms with E-state index in [0.29, 0.717) is 17.2 Å². The monoisotopic (exact) mass is 317 g/mol. The van der Waals surface area contributed by atoms with Crippen molar-refractivity contribution in [3.05, 3.63) is 46.2 Å². The first-order valence-electron chi connectivity index (χ1n) is 7.33. The lowest BCUT2D eigenvalue weighted by atomic mass is 10.3. The van der Waals surface area contributed by atoms with Gasteiger partial charge in [-0.15, -0.1) is 11.3 Å². The number of amides is 1. The summed E-state index contributed by atoms with van der Waals surface area (Å²) >= 11 is 1.48. The predicted octanol–water partition coefficient (Wildman–Crippen LogP) is 3.36. The Morgan fingerprint density at radius 3 is 2.82 bits per heavy atom. The van der Waals surface area contributed by atoms with Gasteiger partial charge in [0, 0.05) is 17.8 Å². The average molecular weight is 317 g/mol. The normalized spacial score (nSPS) is 17.5. The minimum atomic E-state index is 0.0362. The highest BCUT2D eigenvalue weighted by Crippen LogP contribution is 2.31. The summed E-state index contributed by atoms with van der Waals surface area (Å²) in [6.45, 7) is 3.32. The molecular weight excluding hydrogens is 298 g/mol. The molecule has 1 fully saturated rings. The maximum absolute atomic E-state index is 12.6. The van der Waals surface area contributed by atoms with E-state index in [4.69, 9.17) is 9.47 Å². The molecule has 1 aliphatic heterocycles. The Hall–Kier alpha value is -2.01. The number of thiophene rings is 1. The maximum atomic E-state index is 12.6. The molecule has 0 aliphatic carbocycles. The molecule has 0 bridgehead atoms. The number of carbonyl (C=O) groups excluding carboxylic acids is 1. The highest BCUT2D eigenvalue weighted by Gasteiger charge is 2.30. The van der Waals surface area contributed by atoms with Crippen LogP contribution in [-0.4, -0.2) is 37.1 Å². The lowest BCUT2D eigenvalue weighted by Gasteiger charge is -2.17. The first-order chi connectivity index (χ1) is 10.7. The van der Waals surface area contributed by atoms with Gasteiger partial charge in [0.2, 0.25) is 0 Å². The maximum Gasteiger partial charge on any atom is 0.267 e. The molecule has 22 heavy (non-hydrogen) atoms. The Labute approximate surface area is 134 Å². The quantitative estimate of drug-likeness (QED) is 0.868. The molecule has 116 valence electrons. The number of methoxy groups -OCH3 is 1. The summed E-state index contributed by atoms with van der Waals surface area (Å²) in [5, 5.41) is 0. The second kappa shape index (κ2) is 6.40. The number of aryl methyl sites for hydroxylation is 1. The summed E-state index contributed by atoms with van der Waals surface area (Å²) in [6.07, 6.45) is 0.909. The molecule has 0 unspecified atom stereocenters. The van der Waals surface area contributed by atoms with Gasteiger partial charge in [-0.05, 0) is 25.1 Å². The van der Waals surface area contributed by atoms with Crippen molar-refractivity contribution in [1.29, 1.82) is 0 Å². The topological polar surface area (TPSA) is 38.8 Å². The van der Waals surface area contributed by atoms with Crippen molar-refractivity contribution >= 4 is 17.2 Å². The fraction of sp³-hybridized carbons (Fsp3) is 0.353. The van der Waals surface area contributed by atoms with E-state index in [2.05, 4.69) is 0 Å². The molecule has 0 saturated carbocycles. The van der Waals surface area contributed by atoms with Crippen molar-refractivity contribution in [3.8, 4) is 11.5 Å². The van der Waals surface area contributed by atoms with Crippen LogP contribution < -0.4 is 9.47 Å². The van der Waals surface area contributed by atoms with E-state index in [1.54, 1.807) is 7.11 Å². The lowest BCUT2D eigenvalue weighted by molar-refractivity contribution is 0.0774. The molecule has 1 saturated heterocycles. The zero-order chi connectivity index (χ0) is 15.5. The van der Waals surface area contributed by atoms with Crippen molar-refractivity contribution in [1.82, 2.24) is 4.90 Å². The number of rotatable bonds is 4. The number of ether oxygens (including phenoxy) is 2. The molecule has 1 amide bonds. The Balaban J connectivity index is 1.66. The van der Waals surface area contributed by atoms with Gasteiger partial charge in [-0.3, -0.25) is 4.79 Å². The van der Waals surface area contributed by atoms with Crippen molar-refractivity contribution in [3.63, 3.8) is 0 Å². The van der Waals surface area contributed by atoms with Gasteiger partial charge in [-0.2, -0.15) is 0 Å². The van der Waals surface area contributed by atoms with Crippen molar-refractivity contribution < 1.29 is 14.3 Å². The van der Waals surface area contributed by atoms with Crippen LogP contribution in [0, 0.1) is 6.92 Å². The summed E-state index contributed by atoms with van der Waals surface area (Å²) in [5.41, 5.74) is 0. The number of hydrogen-bond acceptors (Lipinski definition) is 4. The zero-order valence-corrected chi connectivity index (χ0v) is 13.6. The van der Waals surface area contributed by atoms with Crippen LogP contribution in [-0.2, 0) is 0 Å². The van der Waals surface area contributed by atoms with Crippen molar-refractivity contribution in [2.75, 3.05) is 20.2 Å². The number of carbonyl (C=O) groups is 1. The third-order valence-corrected chi connectivity index (χ3v) is 4.73. The van der Waals surface area contributed by atoms with Crippen LogP contribution in [0.5, 0.6) is 11.5 Å². The summed E-state index contributed by atoms with van der Waals surface area (Å²) < 4.78 is 11.2. The molecule has 2 aromatic rings. The first kappa shape index (κ1) is 14.9. The van der Waals surface area contributed by atoms with Gasteiger partial charge in [-0.25, -0.2) is 0 Å². The Bertz CT molecular complexity index is 653. The second-order valence-corrected chi connectivity index (χ2v) is 6.60. The van der Waals surface area contributed by atoms with Crippen molar-refractivity contribution in [2.24, 2.45) is 0 Å². The lowest BCUT2D eigenvalue weighted by Crippen LogP contribution is -2.30. The Morgan fingerprint density at radius 2 is 2.09 bits per heavy atom. The predicted molar refractivity (Wildman–Crippen MR) is 87.0 cm³/mol. The standard InChI is InChI=1S/C17H19NO3S/c1-12-10-15(20-2)16(22-12)17(19)18-9-8-14(11-18)21-13-6-4-3-5-7-13/h3-7,10,14H,8-9,11H2,1-2H3/t14-/m1/s1. The Kier molecular flexibility index (Phi) is 4.34. The van der Waals surface area contributed by atoms with E-state index in [1.165, 1.54) is 11.3 Å². The van der Waals surface area contributed by atoms with Gasteiger partial charge in [-0.1, -0.05) is 18.2 Å². The number of benzene rings is 1. The highest BCUT2D eigenvalue weighted by molar-refractivity contribution is 7.14. The molecule has 0 spiro atoms. The molecule has 0 N–H and O–H groups in total. The average Bonchev–Trinajstić information content (AvgIpc) is 3.14. The minimum Gasteiger partial charge on any atom is -0.495 e. The fourth-order valence-corrected chi connectivity index (χ4v) is 3.58. The van der Waals surface area contributed by atoms with E-state index < -0.39 is 0 Å². The molecule has 5 heteroatoms. The summed E-state index contributed by atoms with van der Waals surface area (Å²) in [6, 6.07) is 11.7. The Morgan fingerprint density at radius 1 is 1.32 bits per heavy atom. The molecule has 4 nitrogen and oxygen atoms in total. The van der Waals surface area contributed by atoms with Crippen LogP contribution >= 0.6 is 11.3 Å². The molecule has 3 rings (SSSR count). The summed E-state index contributed by atoms with van der Waals surface area (Å²) in [4.78, 5) is 16.2. The van der Waals surface area contributed by atoms with Crippen molar-refractivity contribution in [2.45, 2.75) is 19.4 Å². The third kappa shape index (κ3) is 3.09.